The smallest absolute Gasteiger partial charge is 0.748 e. The van der Waals surface area contributed by atoms with Crippen molar-refractivity contribution in [2.24, 2.45) is 0 Å². The van der Waals surface area contributed by atoms with Gasteiger partial charge in [0.2, 0.25) is 0 Å². The molecular weight excluding hydrogens is 353 g/mol. The molecule has 3 rings (SSSR count). The van der Waals surface area contributed by atoms with Crippen molar-refractivity contribution >= 4 is 33.3 Å². The maximum absolute atomic E-state index is 10.9. The van der Waals surface area contributed by atoms with Crippen molar-refractivity contribution < 1.29 is 42.5 Å². The molecule has 0 bridgehead atoms. The normalized spacial score (nSPS) is 13.0. The molecule has 2 aromatic carbocycles. The molecule has 0 amide bonds. The van der Waals surface area contributed by atoms with Gasteiger partial charge in [-0.25, -0.2) is 8.42 Å². The van der Waals surface area contributed by atoms with Gasteiger partial charge >= 0.3 is 29.6 Å². The van der Waals surface area contributed by atoms with Crippen LogP contribution in [-0.2, 0) is 10.1 Å². The predicted molar refractivity (Wildman–Crippen MR) is 92.7 cm³/mol. The maximum atomic E-state index is 10.9. The molecule has 0 unspecified atom stereocenters. The van der Waals surface area contributed by atoms with Crippen LogP contribution in [0.15, 0.2) is 46.2 Å². The fourth-order valence-electron chi connectivity index (χ4n) is 2.74. The quantitative estimate of drug-likeness (QED) is 0.589. The number of aryl methyl sites for hydroxylation is 2. The summed E-state index contributed by atoms with van der Waals surface area (Å²) in [6.45, 7) is 4.60. The van der Waals surface area contributed by atoms with Crippen LogP contribution in [0.1, 0.15) is 17.5 Å². The number of hydrogen-bond donors (Lipinski definition) is 0. The van der Waals surface area contributed by atoms with Crippen LogP contribution in [0.3, 0.4) is 0 Å². The summed E-state index contributed by atoms with van der Waals surface area (Å²) in [6.07, 6.45) is 0.317. The van der Waals surface area contributed by atoms with Crippen molar-refractivity contribution in [1.29, 1.82) is 0 Å². The van der Waals surface area contributed by atoms with Gasteiger partial charge in [-0.3, -0.25) is 0 Å². The summed E-state index contributed by atoms with van der Waals surface area (Å²) in [4.78, 5) is 4.43. The van der Waals surface area contributed by atoms with Crippen molar-refractivity contribution in [3.63, 3.8) is 0 Å². The van der Waals surface area contributed by atoms with Crippen LogP contribution in [0.2, 0.25) is 0 Å². The fourth-order valence-corrected chi connectivity index (χ4v) is 4.40. The molecule has 0 N–H and O–H groups in total. The van der Waals surface area contributed by atoms with Crippen LogP contribution in [0, 0.1) is 13.8 Å². The zero-order valence-electron chi connectivity index (χ0n) is 14.1. The minimum Gasteiger partial charge on any atom is -0.748 e. The van der Waals surface area contributed by atoms with Gasteiger partial charge in [-0.05, 0) is 55.7 Å². The maximum Gasteiger partial charge on any atom is 1.00 e. The van der Waals surface area contributed by atoms with Gasteiger partial charge in [0, 0.05) is 22.1 Å². The molecule has 4 nitrogen and oxygen atoms in total. The van der Waals surface area contributed by atoms with E-state index in [4.69, 9.17) is 0 Å². The van der Waals surface area contributed by atoms with Gasteiger partial charge < -0.3 is 9.45 Å². The molecule has 1 aliphatic heterocycles. The summed E-state index contributed by atoms with van der Waals surface area (Å²) in [5.41, 5.74) is 4.49. The molecule has 2 aromatic rings. The molecule has 7 heteroatoms. The Bertz CT molecular complexity index is 853. The van der Waals surface area contributed by atoms with Gasteiger partial charge in [0.15, 0.2) is 0 Å². The van der Waals surface area contributed by atoms with E-state index in [2.05, 4.69) is 48.2 Å². The van der Waals surface area contributed by atoms with E-state index in [-0.39, 0.29) is 35.3 Å². The number of anilines is 2. The molecule has 0 fully saturated rings. The second-order valence-electron chi connectivity index (χ2n) is 5.81. The molecule has 0 aromatic heterocycles. The average molecular weight is 371 g/mol. The molecule has 24 heavy (non-hydrogen) atoms. The first-order valence-corrected chi connectivity index (χ1v) is 9.83. The first kappa shape index (κ1) is 19.8. The molecule has 0 aliphatic carbocycles. The van der Waals surface area contributed by atoms with Crippen LogP contribution >= 0.6 is 11.8 Å². The molecule has 1 heterocycles. The van der Waals surface area contributed by atoms with Gasteiger partial charge in [0.25, 0.3) is 0 Å². The molecule has 0 saturated carbocycles. The second-order valence-corrected chi connectivity index (χ2v) is 8.42. The third-order valence-electron chi connectivity index (χ3n) is 3.81. The van der Waals surface area contributed by atoms with Gasteiger partial charge in [0.05, 0.1) is 21.5 Å². The Morgan fingerprint density at radius 2 is 1.67 bits per heavy atom. The Balaban J connectivity index is 0.00000208. The topological polar surface area (TPSA) is 60.4 Å². The van der Waals surface area contributed by atoms with Crippen LogP contribution < -0.4 is 34.5 Å². The Morgan fingerprint density at radius 1 is 1.00 bits per heavy atom. The SMILES string of the molecule is Cc1ccc2c(c1)Sc1ccc(C)cc1N2CCCS(=O)(=O)[O-].[Na+]. The van der Waals surface area contributed by atoms with E-state index in [9.17, 15) is 13.0 Å². The first-order chi connectivity index (χ1) is 10.8. The molecule has 0 saturated heterocycles. The van der Waals surface area contributed by atoms with E-state index in [1.165, 1.54) is 5.56 Å². The van der Waals surface area contributed by atoms with Crippen LogP contribution in [0.25, 0.3) is 0 Å². The van der Waals surface area contributed by atoms with E-state index in [0.29, 0.717) is 13.0 Å². The van der Waals surface area contributed by atoms with Gasteiger partial charge in [0.1, 0.15) is 0 Å². The third-order valence-corrected chi connectivity index (χ3v) is 5.71. The molecule has 122 valence electrons. The second kappa shape index (κ2) is 7.81. The molecular formula is C17H18NNaO3S2. The van der Waals surface area contributed by atoms with Gasteiger partial charge in [-0.2, -0.15) is 0 Å². The monoisotopic (exact) mass is 371 g/mol. The van der Waals surface area contributed by atoms with Crippen molar-refractivity contribution in [1.82, 2.24) is 0 Å². The molecule has 0 spiro atoms. The largest absolute Gasteiger partial charge is 1.00 e. The Morgan fingerprint density at radius 3 is 2.38 bits per heavy atom. The zero-order valence-corrected chi connectivity index (χ0v) is 17.7. The van der Waals surface area contributed by atoms with E-state index < -0.39 is 10.1 Å². The van der Waals surface area contributed by atoms with Crippen molar-refractivity contribution in [3.05, 3.63) is 47.5 Å². The van der Waals surface area contributed by atoms with E-state index in [1.807, 2.05) is 6.92 Å². The van der Waals surface area contributed by atoms with Crippen LogP contribution in [0.4, 0.5) is 11.4 Å². The predicted octanol–water partition coefficient (Wildman–Crippen LogP) is 0.845. The van der Waals surface area contributed by atoms with Crippen molar-refractivity contribution in [2.45, 2.75) is 30.1 Å². The summed E-state index contributed by atoms with van der Waals surface area (Å²) in [5.74, 6) is -0.334. The van der Waals surface area contributed by atoms with E-state index in [1.54, 1.807) is 11.8 Å². The van der Waals surface area contributed by atoms with E-state index in [0.717, 1.165) is 26.7 Å². The van der Waals surface area contributed by atoms with Crippen LogP contribution in [0.5, 0.6) is 0 Å². The Kier molecular flexibility index (Phi) is 6.45. The summed E-state index contributed by atoms with van der Waals surface area (Å²) in [7, 11) is -4.18. The van der Waals surface area contributed by atoms with Gasteiger partial charge in [-0.15, -0.1) is 0 Å². The first-order valence-electron chi connectivity index (χ1n) is 7.44. The number of rotatable bonds is 4. The fraction of sp³-hybridized carbons (Fsp3) is 0.294. The van der Waals surface area contributed by atoms with E-state index >= 15 is 0 Å². The molecule has 0 radical (unpaired) electrons. The Labute approximate surface area is 169 Å². The van der Waals surface area contributed by atoms with Crippen molar-refractivity contribution in [3.8, 4) is 0 Å². The standard InChI is InChI=1S/C17H19NO3S2.Na/c1-12-5-7-16-15(10-12)18(8-3-9-23(19,20)21)14-6-4-13(2)11-17(14)22-16;/h4-7,10-11H,3,8-9H2,1-2H3,(H,19,20,21);/q;+1/p-1. The van der Waals surface area contributed by atoms with Crippen molar-refractivity contribution in [2.75, 3.05) is 17.2 Å². The number of hydrogen-bond acceptors (Lipinski definition) is 5. The van der Waals surface area contributed by atoms with Gasteiger partial charge in [-0.1, -0.05) is 23.9 Å². The minimum absolute atomic E-state index is 0. The number of fused-ring (bicyclic) bond motifs is 2. The summed E-state index contributed by atoms with van der Waals surface area (Å²) in [6, 6.07) is 12.5. The number of nitrogens with zero attached hydrogens (tertiary/aromatic N) is 1. The summed E-state index contributed by atoms with van der Waals surface area (Å²) >= 11 is 1.73. The average Bonchev–Trinajstić information content (AvgIpc) is 2.45. The number of benzene rings is 2. The summed E-state index contributed by atoms with van der Waals surface area (Å²) < 4.78 is 32.7. The van der Waals surface area contributed by atoms with Crippen LogP contribution in [-0.4, -0.2) is 25.3 Å². The summed E-state index contributed by atoms with van der Waals surface area (Å²) in [5, 5.41) is 0. The minimum atomic E-state index is -4.18. The molecule has 0 atom stereocenters. The molecule has 1 aliphatic rings. The zero-order chi connectivity index (χ0) is 16.6. The Hall–Kier alpha value is -0.500. The third kappa shape index (κ3) is 4.56.